The third-order valence-corrected chi connectivity index (χ3v) is 8.91. The van der Waals surface area contributed by atoms with Gasteiger partial charge in [-0.15, -0.1) is 0 Å². The summed E-state index contributed by atoms with van der Waals surface area (Å²) in [4.78, 5) is 58.0. The van der Waals surface area contributed by atoms with Gasteiger partial charge in [0.25, 0.3) is 11.5 Å². The van der Waals surface area contributed by atoms with Crippen molar-refractivity contribution in [2.24, 2.45) is 11.3 Å². The number of hydrogen-bond donors (Lipinski definition) is 1. The van der Waals surface area contributed by atoms with Gasteiger partial charge in [-0.1, -0.05) is 24.3 Å². The third-order valence-electron chi connectivity index (χ3n) is 8.91. The summed E-state index contributed by atoms with van der Waals surface area (Å²) in [6.45, 7) is 3.95. The molecule has 4 amide bonds. The number of nitrogens with zero attached hydrogens (tertiary/aromatic N) is 3. The van der Waals surface area contributed by atoms with Gasteiger partial charge in [-0.05, 0) is 49.1 Å². The summed E-state index contributed by atoms with van der Waals surface area (Å²) in [5.41, 5.74) is 0.151. The van der Waals surface area contributed by atoms with Crippen LogP contribution >= 0.6 is 0 Å². The maximum Gasteiger partial charge on any atom is 0.335 e. The number of hydrogen-bond acceptors (Lipinski definition) is 8. The van der Waals surface area contributed by atoms with Gasteiger partial charge in [0, 0.05) is 56.3 Å². The number of para-hydroxylation sites is 2. The highest BCUT2D eigenvalue weighted by Gasteiger charge is 2.56. The number of nitrogens with one attached hydrogen (secondary N) is 1. The number of carbonyl (C=O) groups is 3. The van der Waals surface area contributed by atoms with E-state index < -0.39 is 23.3 Å². The number of barbiturate groups is 1. The molecule has 0 saturated carbocycles. The molecule has 44 heavy (non-hydrogen) atoms. The van der Waals surface area contributed by atoms with Crippen molar-refractivity contribution in [2.45, 2.75) is 32.2 Å². The highest BCUT2D eigenvalue weighted by Crippen LogP contribution is 2.42. The van der Waals surface area contributed by atoms with Gasteiger partial charge in [0.1, 0.15) is 22.7 Å². The molecule has 1 unspecified atom stereocenters. The van der Waals surface area contributed by atoms with Crippen LogP contribution in [0, 0.1) is 11.3 Å². The van der Waals surface area contributed by atoms with Gasteiger partial charge in [-0.3, -0.25) is 19.7 Å². The van der Waals surface area contributed by atoms with Crippen molar-refractivity contribution in [2.75, 3.05) is 45.4 Å². The molecule has 0 radical (unpaired) electrons. The number of piperidine rings is 1. The predicted octanol–water partition coefficient (Wildman–Crippen LogP) is 3.20. The van der Waals surface area contributed by atoms with Crippen LogP contribution in [0.25, 0.3) is 0 Å². The fourth-order valence-electron chi connectivity index (χ4n) is 6.99. The van der Waals surface area contributed by atoms with Crippen molar-refractivity contribution < 1.29 is 28.6 Å². The SMILES string of the molecule is CCOc1ccccc1N1C(=O)NC(=O)C(Cc2ccc(OC)cc2OC)(CN2C[C@H]3C[C@@H](C2)c2cccc(=O)n2C3)C1=O. The number of ether oxygens (including phenoxy) is 3. The Morgan fingerprint density at radius 3 is 2.50 bits per heavy atom. The Kier molecular flexibility index (Phi) is 7.89. The second kappa shape index (κ2) is 11.8. The summed E-state index contributed by atoms with van der Waals surface area (Å²) < 4.78 is 18.6. The normalized spacial score (nSPS) is 23.2. The summed E-state index contributed by atoms with van der Waals surface area (Å²) in [6.07, 6.45) is 0.902. The van der Waals surface area contributed by atoms with Gasteiger partial charge in [-0.2, -0.15) is 0 Å². The Morgan fingerprint density at radius 1 is 0.909 bits per heavy atom. The highest BCUT2D eigenvalue weighted by molar-refractivity contribution is 6.30. The number of imide groups is 2. The Morgan fingerprint density at radius 2 is 1.73 bits per heavy atom. The number of carbonyl (C=O) groups excluding carboxylic acids is 3. The fourth-order valence-corrected chi connectivity index (χ4v) is 6.99. The Hall–Kier alpha value is -4.64. The van der Waals surface area contributed by atoms with Crippen molar-refractivity contribution in [1.29, 1.82) is 0 Å². The Labute approximate surface area is 255 Å². The average molecular weight is 601 g/mol. The minimum atomic E-state index is -1.68. The molecule has 3 aromatic rings. The van der Waals surface area contributed by atoms with E-state index in [4.69, 9.17) is 14.2 Å². The summed E-state index contributed by atoms with van der Waals surface area (Å²) >= 11 is 0. The summed E-state index contributed by atoms with van der Waals surface area (Å²) in [5.74, 6) is 0.338. The number of amides is 4. The van der Waals surface area contributed by atoms with Crippen molar-refractivity contribution in [1.82, 2.24) is 14.8 Å². The minimum absolute atomic E-state index is 0.0160. The fraction of sp³-hybridized carbons (Fsp3) is 0.394. The standard InChI is InChI=1S/C33H36N4O7/c1-4-44-27-10-6-5-8-26(27)37-31(40)33(30(39)34-32(37)41,16-22-12-13-24(42-2)15-28(22)43-3)20-35-17-21-14-23(19-35)25-9-7-11-29(38)36(25)18-21/h5-13,15,21,23H,4,14,16-20H2,1-3H3,(H,34,39,41)/t21-,23+,33?/m1/s1. The summed E-state index contributed by atoms with van der Waals surface area (Å²) in [5, 5.41) is 2.50. The number of aromatic nitrogens is 1. The smallest absolute Gasteiger partial charge is 0.335 e. The maximum atomic E-state index is 14.8. The lowest BCUT2D eigenvalue weighted by atomic mass is 9.75. The molecule has 1 N–H and O–H groups in total. The zero-order chi connectivity index (χ0) is 31.0. The van der Waals surface area contributed by atoms with Crippen molar-refractivity contribution in [3.8, 4) is 17.2 Å². The van der Waals surface area contributed by atoms with E-state index in [2.05, 4.69) is 10.2 Å². The number of benzene rings is 2. The molecule has 230 valence electrons. The van der Waals surface area contributed by atoms with Crippen molar-refractivity contribution >= 4 is 23.5 Å². The van der Waals surface area contributed by atoms with Crippen molar-refractivity contribution in [3.63, 3.8) is 0 Å². The molecule has 0 spiro atoms. The van der Waals surface area contributed by atoms with Gasteiger partial charge in [0.15, 0.2) is 0 Å². The zero-order valence-corrected chi connectivity index (χ0v) is 25.1. The van der Waals surface area contributed by atoms with Gasteiger partial charge in [0.2, 0.25) is 5.91 Å². The van der Waals surface area contributed by atoms with E-state index in [0.29, 0.717) is 49.1 Å². The first kappa shape index (κ1) is 29.4. The van der Waals surface area contributed by atoms with E-state index in [0.717, 1.165) is 17.0 Å². The number of urea groups is 1. The molecule has 3 atom stereocenters. The quantitative estimate of drug-likeness (QED) is 0.372. The first-order valence-corrected chi connectivity index (χ1v) is 14.8. The highest BCUT2D eigenvalue weighted by atomic mass is 16.5. The summed E-state index contributed by atoms with van der Waals surface area (Å²) in [7, 11) is 3.07. The molecule has 11 nitrogen and oxygen atoms in total. The number of rotatable bonds is 9. The van der Waals surface area contributed by atoms with E-state index in [1.807, 2.05) is 17.6 Å². The number of pyridine rings is 1. The number of fused-ring (bicyclic) bond motifs is 4. The minimum Gasteiger partial charge on any atom is -0.497 e. The predicted molar refractivity (Wildman–Crippen MR) is 162 cm³/mol. The first-order chi connectivity index (χ1) is 21.3. The molecule has 11 heteroatoms. The monoisotopic (exact) mass is 600 g/mol. The molecule has 2 fully saturated rings. The zero-order valence-electron chi connectivity index (χ0n) is 25.1. The Bertz CT molecular complexity index is 1670. The lowest BCUT2D eigenvalue weighted by molar-refractivity contribution is -0.144. The average Bonchev–Trinajstić information content (AvgIpc) is 3.01. The molecule has 4 heterocycles. The molecule has 1 aromatic heterocycles. The second-order valence-corrected chi connectivity index (χ2v) is 11.6. The van der Waals surface area contributed by atoms with Crippen LogP contribution in [-0.4, -0.2) is 67.8 Å². The number of anilines is 1. The molecule has 2 aromatic carbocycles. The Balaban J connectivity index is 1.42. The third kappa shape index (κ3) is 5.11. The van der Waals surface area contributed by atoms with Crippen LogP contribution in [0.1, 0.15) is 30.5 Å². The maximum absolute atomic E-state index is 14.8. The molecular formula is C33H36N4O7. The number of methoxy groups -OCH3 is 2. The molecular weight excluding hydrogens is 564 g/mol. The van der Waals surface area contributed by atoms with Crippen LogP contribution < -0.4 is 30.0 Å². The van der Waals surface area contributed by atoms with E-state index >= 15 is 0 Å². The van der Waals surface area contributed by atoms with Gasteiger partial charge < -0.3 is 23.7 Å². The van der Waals surface area contributed by atoms with Crippen LogP contribution in [0.3, 0.4) is 0 Å². The van der Waals surface area contributed by atoms with Crippen LogP contribution in [0.5, 0.6) is 17.2 Å². The van der Waals surface area contributed by atoms with Gasteiger partial charge in [0.05, 0.1) is 26.5 Å². The van der Waals surface area contributed by atoms with Gasteiger partial charge in [-0.25, -0.2) is 9.69 Å². The molecule has 2 bridgehead atoms. The molecule has 2 saturated heterocycles. The lowest BCUT2D eigenvalue weighted by Crippen LogP contribution is -2.68. The number of likely N-dealkylation sites (tertiary alicyclic amines) is 1. The van der Waals surface area contributed by atoms with Crippen LogP contribution in [-0.2, 0) is 22.6 Å². The molecule has 0 aliphatic carbocycles. The van der Waals surface area contributed by atoms with Crippen LogP contribution in [0.2, 0.25) is 0 Å². The summed E-state index contributed by atoms with van der Waals surface area (Å²) in [6, 6.07) is 16.6. The van der Waals surface area contributed by atoms with Crippen molar-refractivity contribution in [3.05, 3.63) is 82.3 Å². The van der Waals surface area contributed by atoms with Crippen LogP contribution in [0.4, 0.5) is 10.5 Å². The largest absolute Gasteiger partial charge is 0.497 e. The lowest BCUT2D eigenvalue weighted by Gasteiger charge is -2.47. The first-order valence-electron chi connectivity index (χ1n) is 14.8. The van der Waals surface area contributed by atoms with Crippen LogP contribution in [0.15, 0.2) is 65.5 Å². The molecule has 3 aliphatic rings. The van der Waals surface area contributed by atoms with Gasteiger partial charge >= 0.3 is 6.03 Å². The van der Waals surface area contributed by atoms with E-state index in [-0.39, 0.29) is 36.0 Å². The topological polar surface area (TPSA) is 119 Å². The molecule has 3 aliphatic heterocycles. The van der Waals surface area contributed by atoms with E-state index in [9.17, 15) is 19.2 Å². The molecule has 6 rings (SSSR count). The van der Waals surface area contributed by atoms with E-state index in [1.165, 1.54) is 7.11 Å². The second-order valence-electron chi connectivity index (χ2n) is 11.6. The van der Waals surface area contributed by atoms with E-state index in [1.54, 1.807) is 61.7 Å².